The van der Waals surface area contributed by atoms with Gasteiger partial charge < -0.3 is 15.1 Å². The van der Waals surface area contributed by atoms with Crippen LogP contribution in [0.2, 0.25) is 0 Å². The molecule has 1 aliphatic heterocycles. The fourth-order valence-corrected chi connectivity index (χ4v) is 5.58. The highest BCUT2D eigenvalue weighted by Crippen LogP contribution is 2.29. The number of nitrogens with zero attached hydrogens (tertiary/aromatic N) is 4. The summed E-state index contributed by atoms with van der Waals surface area (Å²) in [5, 5.41) is 3.05. The Morgan fingerprint density at radius 3 is 2.57 bits per heavy atom. The molecule has 3 aromatic rings. The number of carbonyl (C=O) groups excluding carboxylic acids is 3. The van der Waals surface area contributed by atoms with Gasteiger partial charge in [0.25, 0.3) is 0 Å². The Labute approximate surface area is 241 Å². The predicted molar refractivity (Wildman–Crippen MR) is 151 cm³/mol. The molecule has 0 bridgehead atoms. The topological polar surface area (TPSA) is 95.5 Å². The molecule has 42 heavy (non-hydrogen) atoms. The highest BCUT2D eigenvalue weighted by molar-refractivity contribution is 6.00. The zero-order chi connectivity index (χ0) is 29.9. The van der Waals surface area contributed by atoms with E-state index in [0.29, 0.717) is 34.6 Å². The third kappa shape index (κ3) is 6.78. The van der Waals surface area contributed by atoms with Crippen LogP contribution >= 0.6 is 0 Å². The zero-order valence-electron chi connectivity index (χ0n) is 23.3. The van der Waals surface area contributed by atoms with Crippen LogP contribution in [0.4, 0.5) is 30.5 Å². The third-order valence-corrected chi connectivity index (χ3v) is 7.90. The minimum Gasteiger partial charge on any atom is -0.330 e. The Bertz CT molecular complexity index is 1490. The number of halogens is 3. The van der Waals surface area contributed by atoms with Gasteiger partial charge in [0.15, 0.2) is 5.78 Å². The molecule has 2 amide bonds. The smallest absolute Gasteiger partial charge is 0.330 e. The van der Waals surface area contributed by atoms with Crippen molar-refractivity contribution in [2.24, 2.45) is 5.92 Å². The lowest BCUT2D eigenvalue weighted by atomic mass is 9.88. The molecule has 0 saturated heterocycles. The van der Waals surface area contributed by atoms with Gasteiger partial charge in [0, 0.05) is 49.2 Å². The van der Waals surface area contributed by atoms with E-state index in [1.54, 1.807) is 48.3 Å². The van der Waals surface area contributed by atoms with Crippen LogP contribution in [0.3, 0.4) is 0 Å². The van der Waals surface area contributed by atoms with Crippen molar-refractivity contribution < 1.29 is 27.6 Å². The SMILES string of the molecule is CN(C(=O)C1CCCCC1)c1cccc(C(=O)Cc2ccnc(Nc3ccc4c(c3)CN(C(=O)C(F)(F)F)CC4)n2)c1. The fraction of sp³-hybridized carbons (Fsp3) is 0.387. The molecule has 1 aliphatic carbocycles. The molecule has 1 N–H and O–H groups in total. The van der Waals surface area contributed by atoms with Crippen molar-refractivity contribution in [1.29, 1.82) is 0 Å². The minimum atomic E-state index is -4.91. The van der Waals surface area contributed by atoms with Gasteiger partial charge in [0.2, 0.25) is 11.9 Å². The summed E-state index contributed by atoms with van der Waals surface area (Å²) in [6, 6.07) is 13.9. The number of amides is 2. The molecule has 0 spiro atoms. The number of Topliss-reactive ketones (excluding diaryl/α,β-unsaturated/α-hetero) is 1. The van der Waals surface area contributed by atoms with Crippen LogP contribution in [0.25, 0.3) is 0 Å². The van der Waals surface area contributed by atoms with Crippen molar-refractivity contribution in [2.45, 2.75) is 57.7 Å². The van der Waals surface area contributed by atoms with Crippen LogP contribution in [-0.2, 0) is 29.0 Å². The number of anilines is 3. The average Bonchev–Trinajstić information content (AvgIpc) is 2.99. The second-order valence-electron chi connectivity index (χ2n) is 10.8. The Balaban J connectivity index is 1.24. The molecule has 8 nitrogen and oxygen atoms in total. The number of ketones is 1. The molecule has 0 atom stereocenters. The lowest BCUT2D eigenvalue weighted by Gasteiger charge is -2.29. The summed E-state index contributed by atoms with van der Waals surface area (Å²) in [7, 11) is 1.75. The van der Waals surface area contributed by atoms with Gasteiger partial charge in [-0.1, -0.05) is 37.5 Å². The first kappa shape index (κ1) is 29.2. The summed E-state index contributed by atoms with van der Waals surface area (Å²) in [5.74, 6) is -1.69. The van der Waals surface area contributed by atoms with Crippen molar-refractivity contribution in [2.75, 3.05) is 23.8 Å². The van der Waals surface area contributed by atoms with Crippen molar-refractivity contribution >= 4 is 34.9 Å². The highest BCUT2D eigenvalue weighted by Gasteiger charge is 2.43. The van der Waals surface area contributed by atoms with Gasteiger partial charge in [-0.15, -0.1) is 0 Å². The monoisotopic (exact) mass is 579 g/mol. The fourth-order valence-electron chi connectivity index (χ4n) is 5.58. The normalized spacial score (nSPS) is 15.6. The minimum absolute atomic E-state index is 0.00727. The molecule has 2 aromatic carbocycles. The third-order valence-electron chi connectivity index (χ3n) is 7.90. The van der Waals surface area contributed by atoms with Gasteiger partial charge in [-0.25, -0.2) is 9.97 Å². The number of fused-ring (bicyclic) bond motifs is 1. The maximum absolute atomic E-state index is 13.2. The molecule has 1 aromatic heterocycles. The zero-order valence-corrected chi connectivity index (χ0v) is 23.3. The van der Waals surface area contributed by atoms with E-state index in [4.69, 9.17) is 0 Å². The van der Waals surface area contributed by atoms with Crippen LogP contribution in [-0.4, -0.2) is 52.2 Å². The summed E-state index contributed by atoms with van der Waals surface area (Å²) in [6.45, 7) is -0.133. The van der Waals surface area contributed by atoms with E-state index in [9.17, 15) is 27.6 Å². The van der Waals surface area contributed by atoms with Crippen LogP contribution in [0.15, 0.2) is 54.7 Å². The van der Waals surface area contributed by atoms with Crippen molar-refractivity contribution in [1.82, 2.24) is 14.9 Å². The first-order valence-corrected chi connectivity index (χ1v) is 14.1. The number of rotatable bonds is 7. The van der Waals surface area contributed by atoms with E-state index < -0.39 is 12.1 Å². The number of hydrogen-bond donors (Lipinski definition) is 1. The summed E-state index contributed by atoms with van der Waals surface area (Å²) in [5.41, 5.74) is 3.66. The number of aromatic nitrogens is 2. The number of carbonyl (C=O) groups is 3. The van der Waals surface area contributed by atoms with Gasteiger partial charge in [0.05, 0.1) is 12.1 Å². The molecule has 2 heterocycles. The Kier molecular flexibility index (Phi) is 8.56. The van der Waals surface area contributed by atoms with Crippen LogP contribution in [0.5, 0.6) is 0 Å². The Morgan fingerprint density at radius 1 is 1.02 bits per heavy atom. The summed E-state index contributed by atoms with van der Waals surface area (Å²) < 4.78 is 38.7. The average molecular weight is 580 g/mol. The van der Waals surface area contributed by atoms with Crippen LogP contribution in [0, 0.1) is 5.92 Å². The molecule has 5 rings (SSSR count). The lowest BCUT2D eigenvalue weighted by molar-refractivity contribution is -0.186. The second-order valence-corrected chi connectivity index (χ2v) is 10.8. The van der Waals surface area contributed by atoms with Crippen LogP contribution in [0.1, 0.15) is 59.3 Å². The van der Waals surface area contributed by atoms with E-state index in [0.717, 1.165) is 42.6 Å². The summed E-state index contributed by atoms with van der Waals surface area (Å²) >= 11 is 0. The van der Waals surface area contributed by atoms with Crippen molar-refractivity contribution in [3.8, 4) is 0 Å². The van der Waals surface area contributed by atoms with Gasteiger partial charge in [-0.05, 0) is 60.7 Å². The maximum Gasteiger partial charge on any atom is 0.471 e. The molecular formula is C31H32F3N5O3. The van der Waals surface area contributed by atoms with E-state index in [-0.39, 0.29) is 43.1 Å². The molecule has 11 heteroatoms. The van der Waals surface area contributed by atoms with E-state index in [1.165, 1.54) is 6.20 Å². The maximum atomic E-state index is 13.2. The first-order valence-electron chi connectivity index (χ1n) is 14.1. The summed E-state index contributed by atoms with van der Waals surface area (Å²) in [4.78, 5) is 48.9. The molecule has 220 valence electrons. The number of alkyl halides is 3. The van der Waals surface area contributed by atoms with Gasteiger partial charge >= 0.3 is 12.1 Å². The number of nitrogens with one attached hydrogen (secondary N) is 1. The number of benzene rings is 2. The van der Waals surface area contributed by atoms with E-state index >= 15 is 0 Å². The van der Waals surface area contributed by atoms with Crippen molar-refractivity contribution in [3.05, 3.63) is 77.1 Å². The van der Waals surface area contributed by atoms with Gasteiger partial charge in [-0.2, -0.15) is 13.2 Å². The van der Waals surface area contributed by atoms with E-state index in [1.807, 2.05) is 12.1 Å². The molecule has 2 aliphatic rings. The van der Waals surface area contributed by atoms with Crippen LogP contribution < -0.4 is 10.2 Å². The number of hydrogen-bond acceptors (Lipinski definition) is 6. The van der Waals surface area contributed by atoms with Crippen molar-refractivity contribution in [3.63, 3.8) is 0 Å². The molecule has 0 radical (unpaired) electrons. The van der Waals surface area contributed by atoms with Gasteiger partial charge in [0.1, 0.15) is 0 Å². The molecular weight excluding hydrogens is 547 g/mol. The predicted octanol–water partition coefficient (Wildman–Crippen LogP) is 5.64. The quantitative estimate of drug-likeness (QED) is 0.365. The largest absolute Gasteiger partial charge is 0.471 e. The Hall–Kier alpha value is -4.28. The lowest BCUT2D eigenvalue weighted by Crippen LogP contribution is -2.43. The highest BCUT2D eigenvalue weighted by atomic mass is 19.4. The van der Waals surface area contributed by atoms with E-state index in [2.05, 4.69) is 15.3 Å². The second kappa shape index (κ2) is 12.3. The standard InChI is InChI=1S/C31H32F3N5O3/c1-38(28(41)21-6-3-2-4-7-21)26-9-5-8-22(17-26)27(40)18-25-12-14-35-30(37-25)36-24-11-10-20-13-15-39(19-23(20)16-24)29(42)31(32,33)34/h5,8-12,14,16-17,21H,2-4,6-7,13,15,18-19H2,1H3,(H,35,36,37). The first-order chi connectivity index (χ1) is 20.1. The van der Waals surface area contributed by atoms with Gasteiger partial charge in [-0.3, -0.25) is 14.4 Å². The Morgan fingerprint density at radius 2 is 1.81 bits per heavy atom. The summed E-state index contributed by atoms with van der Waals surface area (Å²) in [6.07, 6.45) is 2.03. The molecule has 1 saturated carbocycles. The molecule has 0 unspecified atom stereocenters. The molecule has 1 fully saturated rings.